The van der Waals surface area contributed by atoms with E-state index < -0.39 is 0 Å². The van der Waals surface area contributed by atoms with Gasteiger partial charge in [0.2, 0.25) is 5.75 Å². The summed E-state index contributed by atoms with van der Waals surface area (Å²) in [6.07, 6.45) is 6.54. The smallest absolute Gasteiger partial charge is 0.203 e. The molecule has 1 aromatic carbocycles. The Morgan fingerprint density at radius 2 is 1.77 bits per heavy atom. The van der Waals surface area contributed by atoms with Crippen molar-refractivity contribution >= 4 is 11.9 Å². The Hall–Kier alpha value is -2.76. The van der Waals surface area contributed by atoms with Crippen LogP contribution in [0.4, 0.5) is 0 Å². The molecule has 22 heavy (non-hydrogen) atoms. The Balaban J connectivity index is 2.33. The lowest BCUT2D eigenvalue weighted by Crippen LogP contribution is -2.00. The molecule has 0 aliphatic heterocycles. The van der Waals surface area contributed by atoms with E-state index in [2.05, 4.69) is 4.98 Å². The van der Waals surface area contributed by atoms with Gasteiger partial charge in [-0.15, -0.1) is 0 Å². The van der Waals surface area contributed by atoms with Crippen LogP contribution in [0.1, 0.15) is 16.1 Å². The first-order chi connectivity index (χ1) is 10.6. The minimum atomic E-state index is -0.166. The molecule has 0 fully saturated rings. The zero-order valence-electron chi connectivity index (χ0n) is 13.0. The van der Waals surface area contributed by atoms with E-state index in [-0.39, 0.29) is 5.78 Å². The van der Waals surface area contributed by atoms with Crippen LogP contribution in [0.3, 0.4) is 0 Å². The van der Waals surface area contributed by atoms with Gasteiger partial charge < -0.3 is 18.8 Å². The summed E-state index contributed by atoms with van der Waals surface area (Å²) in [6.45, 7) is 0. The van der Waals surface area contributed by atoms with E-state index in [1.54, 1.807) is 30.7 Å². The number of rotatable bonds is 6. The van der Waals surface area contributed by atoms with Crippen molar-refractivity contribution < 1.29 is 19.0 Å². The zero-order chi connectivity index (χ0) is 16.1. The fourth-order valence-corrected chi connectivity index (χ4v) is 2.01. The van der Waals surface area contributed by atoms with E-state index in [1.807, 2.05) is 11.6 Å². The van der Waals surface area contributed by atoms with E-state index in [0.717, 1.165) is 5.69 Å². The van der Waals surface area contributed by atoms with Gasteiger partial charge in [-0.1, -0.05) is 0 Å². The molecule has 0 unspecified atom stereocenters. The number of allylic oxidation sites excluding steroid dienone is 1. The first kappa shape index (κ1) is 15.6. The second-order valence-electron chi connectivity index (χ2n) is 4.54. The molecule has 0 atom stereocenters. The second kappa shape index (κ2) is 6.80. The average Bonchev–Trinajstić information content (AvgIpc) is 2.96. The normalized spacial score (nSPS) is 10.7. The minimum Gasteiger partial charge on any atom is -0.493 e. The highest BCUT2D eigenvalue weighted by Gasteiger charge is 2.15. The first-order valence-corrected chi connectivity index (χ1v) is 6.59. The van der Waals surface area contributed by atoms with E-state index in [9.17, 15) is 4.79 Å². The number of carbonyl (C=O) groups excluding carboxylic acids is 1. The van der Waals surface area contributed by atoms with Gasteiger partial charge in [-0.05, 0) is 24.3 Å². The molecule has 0 saturated heterocycles. The van der Waals surface area contributed by atoms with Gasteiger partial charge in [0, 0.05) is 12.6 Å². The van der Waals surface area contributed by atoms with Crippen molar-refractivity contribution in [1.29, 1.82) is 0 Å². The molecular formula is C16H18N2O4. The van der Waals surface area contributed by atoms with Crippen molar-refractivity contribution in [3.63, 3.8) is 0 Å². The Kier molecular flexibility index (Phi) is 4.83. The summed E-state index contributed by atoms with van der Waals surface area (Å²) in [5, 5.41) is 0. The second-order valence-corrected chi connectivity index (χ2v) is 4.54. The van der Waals surface area contributed by atoms with Gasteiger partial charge >= 0.3 is 0 Å². The number of imidazole rings is 1. The Labute approximate surface area is 128 Å². The molecule has 2 aromatic rings. The standard InChI is InChI=1S/C16H18N2O4/c1-18-10-17-9-12(18)5-6-13(19)11-7-14(20-2)16(22-4)15(8-11)21-3/h5-10H,1-4H3/b6-5+. The van der Waals surface area contributed by atoms with Gasteiger partial charge in [-0.25, -0.2) is 4.98 Å². The maximum Gasteiger partial charge on any atom is 0.203 e. The first-order valence-electron chi connectivity index (χ1n) is 6.59. The molecule has 116 valence electrons. The highest BCUT2D eigenvalue weighted by atomic mass is 16.5. The summed E-state index contributed by atoms with van der Waals surface area (Å²) in [7, 11) is 6.40. The van der Waals surface area contributed by atoms with Gasteiger partial charge in [-0.2, -0.15) is 0 Å². The van der Waals surface area contributed by atoms with Crippen LogP contribution in [-0.2, 0) is 7.05 Å². The lowest BCUT2D eigenvalue weighted by molar-refractivity contribution is 0.104. The summed E-state index contributed by atoms with van der Waals surface area (Å²) in [5.41, 5.74) is 1.29. The topological polar surface area (TPSA) is 62.6 Å². The zero-order valence-corrected chi connectivity index (χ0v) is 13.0. The van der Waals surface area contributed by atoms with E-state index in [0.29, 0.717) is 22.8 Å². The van der Waals surface area contributed by atoms with Gasteiger partial charge in [0.05, 0.1) is 39.5 Å². The van der Waals surface area contributed by atoms with Gasteiger partial charge in [0.15, 0.2) is 17.3 Å². The van der Waals surface area contributed by atoms with Crippen molar-refractivity contribution in [2.24, 2.45) is 7.05 Å². The van der Waals surface area contributed by atoms with Crippen LogP contribution in [-0.4, -0.2) is 36.7 Å². The van der Waals surface area contributed by atoms with Crippen LogP contribution in [0.25, 0.3) is 6.08 Å². The van der Waals surface area contributed by atoms with Gasteiger partial charge in [-0.3, -0.25) is 4.79 Å². The molecule has 0 spiro atoms. The molecular weight excluding hydrogens is 284 g/mol. The van der Waals surface area contributed by atoms with Crippen molar-refractivity contribution in [2.45, 2.75) is 0 Å². The molecule has 0 saturated carbocycles. The van der Waals surface area contributed by atoms with Crippen LogP contribution in [0.15, 0.2) is 30.7 Å². The highest BCUT2D eigenvalue weighted by molar-refractivity contribution is 6.07. The summed E-state index contributed by atoms with van der Waals surface area (Å²) >= 11 is 0. The predicted octanol–water partition coefficient (Wildman–Crippen LogP) is 2.34. The molecule has 0 amide bonds. The number of aromatic nitrogens is 2. The van der Waals surface area contributed by atoms with Crippen LogP contribution in [0.2, 0.25) is 0 Å². The number of ether oxygens (including phenoxy) is 3. The van der Waals surface area contributed by atoms with E-state index in [4.69, 9.17) is 14.2 Å². The number of hydrogen-bond acceptors (Lipinski definition) is 5. The van der Waals surface area contributed by atoms with Crippen LogP contribution in [0, 0.1) is 0 Å². The van der Waals surface area contributed by atoms with Crippen molar-refractivity contribution in [3.8, 4) is 17.2 Å². The van der Waals surface area contributed by atoms with E-state index in [1.165, 1.54) is 27.4 Å². The maximum atomic E-state index is 12.3. The quantitative estimate of drug-likeness (QED) is 0.605. The van der Waals surface area contributed by atoms with Crippen molar-refractivity contribution in [3.05, 3.63) is 42.0 Å². The largest absolute Gasteiger partial charge is 0.493 e. The molecule has 6 nitrogen and oxygen atoms in total. The number of benzene rings is 1. The van der Waals surface area contributed by atoms with Crippen molar-refractivity contribution in [1.82, 2.24) is 9.55 Å². The molecule has 1 heterocycles. The summed E-state index contributed by atoms with van der Waals surface area (Å²) < 4.78 is 17.5. The lowest BCUT2D eigenvalue weighted by atomic mass is 10.1. The number of hydrogen-bond donors (Lipinski definition) is 0. The third kappa shape index (κ3) is 3.11. The van der Waals surface area contributed by atoms with Crippen LogP contribution < -0.4 is 14.2 Å². The fourth-order valence-electron chi connectivity index (χ4n) is 2.01. The third-order valence-electron chi connectivity index (χ3n) is 3.21. The van der Waals surface area contributed by atoms with Crippen molar-refractivity contribution in [2.75, 3.05) is 21.3 Å². The summed E-state index contributed by atoms with van der Waals surface area (Å²) in [4.78, 5) is 16.3. The molecule has 6 heteroatoms. The molecule has 1 aromatic heterocycles. The Bertz CT molecular complexity index is 679. The van der Waals surface area contributed by atoms with E-state index >= 15 is 0 Å². The number of nitrogens with zero attached hydrogens (tertiary/aromatic N) is 2. The van der Waals surface area contributed by atoms with Gasteiger partial charge in [0.1, 0.15) is 0 Å². The number of methoxy groups -OCH3 is 3. The molecule has 0 aliphatic rings. The molecule has 0 N–H and O–H groups in total. The maximum absolute atomic E-state index is 12.3. The molecule has 2 rings (SSSR count). The summed E-state index contributed by atoms with van der Waals surface area (Å²) in [5.74, 6) is 1.18. The number of aryl methyl sites for hydroxylation is 1. The number of carbonyl (C=O) groups is 1. The fraction of sp³-hybridized carbons (Fsp3) is 0.250. The third-order valence-corrected chi connectivity index (χ3v) is 3.21. The predicted molar refractivity (Wildman–Crippen MR) is 82.7 cm³/mol. The SMILES string of the molecule is COc1cc(C(=O)/C=C/c2cncn2C)cc(OC)c1OC. The molecule has 0 bridgehead atoms. The monoisotopic (exact) mass is 302 g/mol. The van der Waals surface area contributed by atoms with Crippen LogP contribution in [0.5, 0.6) is 17.2 Å². The lowest BCUT2D eigenvalue weighted by Gasteiger charge is -2.13. The summed E-state index contributed by atoms with van der Waals surface area (Å²) in [6, 6.07) is 3.24. The average molecular weight is 302 g/mol. The Morgan fingerprint density at radius 1 is 1.14 bits per heavy atom. The highest BCUT2D eigenvalue weighted by Crippen LogP contribution is 2.38. The van der Waals surface area contributed by atoms with Crippen LogP contribution >= 0.6 is 0 Å². The Morgan fingerprint density at radius 3 is 2.23 bits per heavy atom. The molecule has 0 radical (unpaired) electrons. The van der Waals surface area contributed by atoms with Gasteiger partial charge in [0.25, 0.3) is 0 Å². The number of ketones is 1. The molecule has 0 aliphatic carbocycles. The minimum absolute atomic E-state index is 0.166.